The number of hydrogen-bond donors (Lipinski definition) is 3. The van der Waals surface area contributed by atoms with Crippen LogP contribution < -0.4 is 10.6 Å². The minimum atomic E-state index is -0.653. The van der Waals surface area contributed by atoms with Gasteiger partial charge in [-0.3, -0.25) is 19.7 Å². The number of imide groups is 1. The smallest absolute Gasteiger partial charge is 0.255 e. The molecule has 2 aliphatic rings. The van der Waals surface area contributed by atoms with Gasteiger partial charge in [0.05, 0.1) is 11.0 Å². The highest BCUT2D eigenvalue weighted by Crippen LogP contribution is 2.29. The van der Waals surface area contributed by atoms with Crippen LogP contribution in [0.4, 0.5) is 10.3 Å². The fourth-order valence-electron chi connectivity index (χ4n) is 4.19. The van der Waals surface area contributed by atoms with Gasteiger partial charge in [-0.25, -0.2) is 9.37 Å². The molecule has 3 N–H and O–H groups in total. The maximum atomic E-state index is 13.0. The summed E-state index contributed by atoms with van der Waals surface area (Å²) in [4.78, 5) is 45.4. The van der Waals surface area contributed by atoms with E-state index in [1.54, 1.807) is 18.2 Å². The second kappa shape index (κ2) is 7.90. The Hall–Kier alpha value is -3.46. The lowest BCUT2D eigenvalue weighted by Crippen LogP contribution is -2.52. The van der Waals surface area contributed by atoms with Crippen LogP contribution >= 0.6 is 11.6 Å². The van der Waals surface area contributed by atoms with Crippen molar-refractivity contribution in [2.45, 2.75) is 38.6 Å². The molecule has 1 fully saturated rings. The number of imidazole rings is 1. The lowest BCUT2D eigenvalue weighted by molar-refractivity contribution is -0.136. The zero-order chi connectivity index (χ0) is 22.4. The van der Waals surface area contributed by atoms with E-state index in [4.69, 9.17) is 11.6 Å². The maximum absolute atomic E-state index is 13.0. The van der Waals surface area contributed by atoms with Crippen LogP contribution in [0.2, 0.25) is 5.02 Å². The van der Waals surface area contributed by atoms with Gasteiger partial charge in [0.2, 0.25) is 17.8 Å². The van der Waals surface area contributed by atoms with Crippen LogP contribution in [0.3, 0.4) is 0 Å². The van der Waals surface area contributed by atoms with Gasteiger partial charge in [-0.05, 0) is 35.7 Å². The van der Waals surface area contributed by atoms with Crippen molar-refractivity contribution in [3.63, 3.8) is 0 Å². The lowest BCUT2D eigenvalue weighted by atomic mass is 10.0. The molecule has 10 heteroatoms. The van der Waals surface area contributed by atoms with E-state index >= 15 is 0 Å². The number of piperidine rings is 1. The molecule has 3 amide bonds. The Morgan fingerprint density at radius 3 is 2.84 bits per heavy atom. The molecule has 2 aliphatic heterocycles. The summed E-state index contributed by atoms with van der Waals surface area (Å²) in [5, 5.41) is 5.83. The van der Waals surface area contributed by atoms with E-state index in [9.17, 15) is 18.8 Å². The van der Waals surface area contributed by atoms with Crippen molar-refractivity contribution in [3.8, 4) is 0 Å². The van der Waals surface area contributed by atoms with Crippen molar-refractivity contribution in [1.82, 2.24) is 20.2 Å². The number of carbonyl (C=O) groups excluding carboxylic acids is 3. The van der Waals surface area contributed by atoms with Gasteiger partial charge in [-0.2, -0.15) is 0 Å². The van der Waals surface area contributed by atoms with Crippen LogP contribution in [0.5, 0.6) is 0 Å². The van der Waals surface area contributed by atoms with E-state index in [1.165, 1.54) is 4.90 Å². The molecule has 0 aliphatic carbocycles. The predicted molar refractivity (Wildman–Crippen MR) is 116 cm³/mol. The van der Waals surface area contributed by atoms with Crippen LogP contribution in [0.15, 0.2) is 30.3 Å². The first-order valence-electron chi connectivity index (χ1n) is 10.2. The summed E-state index contributed by atoms with van der Waals surface area (Å²) in [7, 11) is 0. The van der Waals surface area contributed by atoms with E-state index in [2.05, 4.69) is 20.6 Å². The molecule has 0 spiro atoms. The first kappa shape index (κ1) is 20.4. The molecule has 32 heavy (non-hydrogen) atoms. The molecule has 1 unspecified atom stereocenters. The van der Waals surface area contributed by atoms with E-state index in [-0.39, 0.29) is 18.2 Å². The van der Waals surface area contributed by atoms with Crippen molar-refractivity contribution in [2.75, 3.05) is 5.32 Å². The average molecular weight is 456 g/mol. The molecule has 1 aromatic heterocycles. The van der Waals surface area contributed by atoms with Gasteiger partial charge in [-0.15, -0.1) is 0 Å². The first-order chi connectivity index (χ1) is 15.4. The van der Waals surface area contributed by atoms with Crippen molar-refractivity contribution >= 4 is 46.3 Å². The number of benzene rings is 2. The molecule has 1 saturated heterocycles. The number of fused-ring (bicyclic) bond motifs is 2. The molecule has 8 nitrogen and oxygen atoms in total. The fourth-order valence-corrected chi connectivity index (χ4v) is 4.39. The molecular weight excluding hydrogens is 437 g/mol. The van der Waals surface area contributed by atoms with Crippen LogP contribution in [-0.4, -0.2) is 38.6 Å². The monoisotopic (exact) mass is 455 g/mol. The molecule has 1 atom stereocenters. The van der Waals surface area contributed by atoms with Crippen LogP contribution in [0.1, 0.15) is 39.9 Å². The maximum Gasteiger partial charge on any atom is 0.255 e. The van der Waals surface area contributed by atoms with Gasteiger partial charge >= 0.3 is 0 Å². The van der Waals surface area contributed by atoms with Gasteiger partial charge in [0.1, 0.15) is 12.7 Å². The summed E-state index contributed by atoms with van der Waals surface area (Å²) >= 11 is 6.05. The third kappa shape index (κ3) is 3.58. The number of alkyl halides is 1. The third-order valence-electron chi connectivity index (χ3n) is 5.84. The Kier molecular flexibility index (Phi) is 5.05. The minimum Gasteiger partial charge on any atom is -0.352 e. The Labute approximate surface area is 187 Å². The highest BCUT2D eigenvalue weighted by Gasteiger charge is 2.39. The van der Waals surface area contributed by atoms with Crippen molar-refractivity contribution in [2.24, 2.45) is 0 Å². The SMILES string of the molecule is O=C1CCC(N2Cc3cc(CNc4nc5cc(Cl)c(CF)cc5[nH]4)ccc3C2=O)C(=O)N1. The number of halogens is 2. The van der Waals surface area contributed by atoms with Crippen molar-refractivity contribution in [3.05, 3.63) is 57.6 Å². The Morgan fingerprint density at radius 2 is 2.06 bits per heavy atom. The van der Waals surface area contributed by atoms with E-state index in [0.29, 0.717) is 52.6 Å². The summed E-state index contributed by atoms with van der Waals surface area (Å²) in [6.45, 7) is 0.118. The van der Waals surface area contributed by atoms with Crippen LogP contribution in [0.25, 0.3) is 11.0 Å². The fraction of sp³-hybridized carbons (Fsp3) is 0.273. The van der Waals surface area contributed by atoms with Gasteiger partial charge in [0.15, 0.2) is 0 Å². The number of hydrogen-bond acceptors (Lipinski definition) is 5. The van der Waals surface area contributed by atoms with Crippen molar-refractivity contribution in [1.29, 1.82) is 0 Å². The van der Waals surface area contributed by atoms with Gasteiger partial charge in [-0.1, -0.05) is 23.7 Å². The summed E-state index contributed by atoms with van der Waals surface area (Å²) in [5.74, 6) is -0.414. The first-order valence-corrected chi connectivity index (χ1v) is 10.5. The molecule has 3 aromatic rings. The zero-order valence-corrected chi connectivity index (χ0v) is 17.6. The molecule has 0 saturated carbocycles. The Morgan fingerprint density at radius 1 is 1.22 bits per heavy atom. The zero-order valence-electron chi connectivity index (χ0n) is 16.9. The molecule has 0 radical (unpaired) electrons. The molecule has 5 rings (SSSR count). The Balaban J connectivity index is 1.30. The topological polar surface area (TPSA) is 107 Å². The number of rotatable bonds is 5. The molecular formula is C22H19ClFN5O3. The molecule has 3 heterocycles. The number of aromatic amines is 1. The second-order valence-corrected chi connectivity index (χ2v) is 8.33. The minimum absolute atomic E-state index is 0.202. The highest BCUT2D eigenvalue weighted by atomic mass is 35.5. The van der Waals surface area contributed by atoms with E-state index in [0.717, 1.165) is 11.1 Å². The molecule has 2 aromatic carbocycles. The quantitative estimate of drug-likeness (QED) is 0.512. The van der Waals surface area contributed by atoms with Gasteiger partial charge in [0, 0.05) is 35.7 Å². The van der Waals surface area contributed by atoms with Crippen LogP contribution in [-0.2, 0) is 29.4 Å². The largest absolute Gasteiger partial charge is 0.352 e. The van der Waals surface area contributed by atoms with E-state index < -0.39 is 18.6 Å². The van der Waals surface area contributed by atoms with Gasteiger partial charge in [0.25, 0.3) is 5.91 Å². The summed E-state index contributed by atoms with van der Waals surface area (Å²) in [6, 6.07) is 8.15. The number of nitrogens with zero attached hydrogens (tertiary/aromatic N) is 2. The standard InChI is InChI=1S/C22H19ClFN5O3/c23-15-7-17-16(6-12(15)8-24)26-22(27-17)25-9-11-1-2-14-13(5-11)10-29(21(14)32)18-3-4-19(30)28-20(18)31/h1-2,5-7,18H,3-4,8-10H2,(H2,25,26,27)(H,28,30,31). The Bertz CT molecular complexity index is 1270. The van der Waals surface area contributed by atoms with Crippen LogP contribution in [0, 0.1) is 0 Å². The van der Waals surface area contributed by atoms with Gasteiger partial charge < -0.3 is 15.2 Å². The predicted octanol–water partition coefficient (Wildman–Crippen LogP) is 3.06. The summed E-state index contributed by atoms with van der Waals surface area (Å²) < 4.78 is 13.0. The number of aromatic nitrogens is 2. The average Bonchev–Trinajstić information content (AvgIpc) is 3.31. The second-order valence-electron chi connectivity index (χ2n) is 7.92. The number of anilines is 1. The molecule has 164 valence electrons. The number of H-pyrrole nitrogens is 1. The van der Waals surface area contributed by atoms with E-state index in [1.807, 2.05) is 12.1 Å². The number of carbonyl (C=O) groups is 3. The third-order valence-corrected chi connectivity index (χ3v) is 6.19. The highest BCUT2D eigenvalue weighted by molar-refractivity contribution is 6.32. The normalized spacial score (nSPS) is 18.2. The number of amides is 3. The number of nitrogens with one attached hydrogen (secondary N) is 3. The lowest BCUT2D eigenvalue weighted by Gasteiger charge is -2.29. The van der Waals surface area contributed by atoms with Crippen molar-refractivity contribution < 1.29 is 18.8 Å². The summed E-state index contributed by atoms with van der Waals surface area (Å²) in [6.07, 6.45) is 0.556. The molecule has 0 bridgehead atoms. The summed E-state index contributed by atoms with van der Waals surface area (Å²) in [5.41, 5.74) is 4.06.